The third-order valence-electron chi connectivity index (χ3n) is 2.14. The second kappa shape index (κ2) is 4.04. The van der Waals surface area contributed by atoms with Gasteiger partial charge in [0.05, 0.1) is 6.07 Å². The van der Waals surface area contributed by atoms with Gasteiger partial charge in [0.2, 0.25) is 11.8 Å². The average Bonchev–Trinajstić information content (AvgIpc) is 2.32. The van der Waals surface area contributed by atoms with E-state index in [-0.39, 0.29) is 17.7 Å². The summed E-state index contributed by atoms with van der Waals surface area (Å²) in [5.74, 6) is -0.368. The molecule has 4 nitrogen and oxygen atoms in total. The van der Waals surface area contributed by atoms with E-state index in [0.29, 0.717) is 25.8 Å². The van der Waals surface area contributed by atoms with Crippen LogP contribution < -0.4 is 0 Å². The first-order chi connectivity index (χ1) is 6.16. The fraction of sp³-hybridized carbons (Fsp3) is 0.667. The van der Waals surface area contributed by atoms with Crippen LogP contribution in [0.25, 0.3) is 0 Å². The SMILES string of the molecule is CC1CC(=O)N(CCCC#N)C1=O. The van der Waals surface area contributed by atoms with Crippen molar-refractivity contribution in [1.82, 2.24) is 4.90 Å². The number of carbonyl (C=O) groups is 2. The highest BCUT2D eigenvalue weighted by atomic mass is 16.2. The summed E-state index contributed by atoms with van der Waals surface area (Å²) in [4.78, 5) is 23.8. The molecule has 1 fully saturated rings. The summed E-state index contributed by atoms with van der Waals surface area (Å²) >= 11 is 0. The Morgan fingerprint density at radius 1 is 1.62 bits per heavy atom. The summed E-state index contributed by atoms with van der Waals surface area (Å²) in [6, 6.07) is 1.98. The number of unbranched alkanes of at least 4 members (excludes halogenated alkanes) is 1. The summed E-state index contributed by atoms with van der Waals surface area (Å²) in [7, 11) is 0. The lowest BCUT2D eigenvalue weighted by Gasteiger charge is -2.12. The van der Waals surface area contributed by atoms with E-state index in [1.165, 1.54) is 4.90 Å². The number of imide groups is 1. The summed E-state index contributed by atoms with van der Waals surface area (Å²) in [6.07, 6.45) is 1.30. The quantitative estimate of drug-likeness (QED) is 0.474. The summed E-state index contributed by atoms with van der Waals surface area (Å²) in [6.45, 7) is 2.15. The van der Waals surface area contributed by atoms with E-state index in [0.717, 1.165) is 0 Å². The Labute approximate surface area is 77.1 Å². The monoisotopic (exact) mass is 180 g/mol. The fourth-order valence-corrected chi connectivity index (χ4v) is 1.40. The van der Waals surface area contributed by atoms with Gasteiger partial charge < -0.3 is 0 Å². The highest BCUT2D eigenvalue weighted by molar-refractivity contribution is 6.03. The van der Waals surface area contributed by atoms with Crippen molar-refractivity contribution in [2.45, 2.75) is 26.2 Å². The zero-order valence-electron chi connectivity index (χ0n) is 7.62. The predicted molar refractivity (Wildman–Crippen MR) is 45.3 cm³/mol. The van der Waals surface area contributed by atoms with Crippen LogP contribution in [-0.4, -0.2) is 23.3 Å². The van der Waals surface area contributed by atoms with Gasteiger partial charge in [0.15, 0.2) is 0 Å². The minimum Gasteiger partial charge on any atom is -0.282 e. The van der Waals surface area contributed by atoms with Crippen molar-refractivity contribution in [2.24, 2.45) is 5.92 Å². The first-order valence-corrected chi connectivity index (χ1v) is 4.38. The second-order valence-corrected chi connectivity index (χ2v) is 3.25. The number of rotatable bonds is 3. The van der Waals surface area contributed by atoms with Gasteiger partial charge in [-0.2, -0.15) is 5.26 Å². The Bertz CT molecular complexity index is 267. The molecule has 0 aromatic carbocycles. The molecule has 1 aliphatic rings. The molecular weight excluding hydrogens is 168 g/mol. The summed E-state index contributed by atoms with van der Waals surface area (Å²) < 4.78 is 0. The first-order valence-electron chi connectivity index (χ1n) is 4.38. The van der Waals surface area contributed by atoms with Crippen molar-refractivity contribution < 1.29 is 9.59 Å². The van der Waals surface area contributed by atoms with Crippen LogP contribution in [0.15, 0.2) is 0 Å². The molecule has 0 aromatic heterocycles. The van der Waals surface area contributed by atoms with Crippen molar-refractivity contribution in [1.29, 1.82) is 5.26 Å². The molecule has 0 aliphatic carbocycles. The lowest BCUT2D eigenvalue weighted by molar-refractivity contribution is -0.139. The fourth-order valence-electron chi connectivity index (χ4n) is 1.40. The van der Waals surface area contributed by atoms with E-state index in [1.807, 2.05) is 6.07 Å². The highest BCUT2D eigenvalue weighted by Crippen LogP contribution is 2.18. The van der Waals surface area contributed by atoms with Crippen LogP contribution in [0.2, 0.25) is 0 Å². The van der Waals surface area contributed by atoms with Crippen LogP contribution in [-0.2, 0) is 9.59 Å². The van der Waals surface area contributed by atoms with Gasteiger partial charge in [0.1, 0.15) is 0 Å². The molecule has 0 N–H and O–H groups in total. The third-order valence-corrected chi connectivity index (χ3v) is 2.14. The second-order valence-electron chi connectivity index (χ2n) is 3.25. The maximum atomic E-state index is 11.3. The van der Waals surface area contributed by atoms with E-state index in [9.17, 15) is 9.59 Å². The number of likely N-dealkylation sites (tertiary alicyclic amines) is 1. The zero-order valence-corrected chi connectivity index (χ0v) is 7.62. The van der Waals surface area contributed by atoms with Gasteiger partial charge >= 0.3 is 0 Å². The maximum Gasteiger partial charge on any atom is 0.232 e. The Balaban J connectivity index is 2.46. The topological polar surface area (TPSA) is 61.2 Å². The molecule has 0 aromatic rings. The van der Waals surface area contributed by atoms with Crippen LogP contribution in [0.5, 0.6) is 0 Å². The number of hydrogen-bond donors (Lipinski definition) is 0. The van der Waals surface area contributed by atoms with Crippen LogP contribution in [0.4, 0.5) is 0 Å². The van der Waals surface area contributed by atoms with E-state index in [1.54, 1.807) is 6.92 Å². The molecule has 1 unspecified atom stereocenters. The van der Waals surface area contributed by atoms with Gasteiger partial charge in [-0.05, 0) is 6.42 Å². The van der Waals surface area contributed by atoms with Gasteiger partial charge in [-0.15, -0.1) is 0 Å². The van der Waals surface area contributed by atoms with Crippen molar-refractivity contribution in [3.05, 3.63) is 0 Å². The Morgan fingerprint density at radius 2 is 2.31 bits per heavy atom. The summed E-state index contributed by atoms with van der Waals surface area (Å²) in [5, 5.41) is 8.29. The molecule has 1 rings (SSSR count). The zero-order chi connectivity index (χ0) is 9.84. The molecule has 1 aliphatic heterocycles. The molecule has 0 radical (unpaired) electrons. The van der Waals surface area contributed by atoms with Crippen molar-refractivity contribution in [3.8, 4) is 6.07 Å². The minimum atomic E-state index is -0.172. The molecule has 0 spiro atoms. The molecular formula is C9H12N2O2. The normalized spacial score (nSPS) is 22.2. The molecule has 1 heterocycles. The third kappa shape index (κ3) is 2.05. The van der Waals surface area contributed by atoms with E-state index in [2.05, 4.69) is 0 Å². The number of nitriles is 1. The van der Waals surface area contributed by atoms with Gasteiger partial charge in [0, 0.05) is 25.3 Å². The van der Waals surface area contributed by atoms with Crippen LogP contribution in [0, 0.1) is 17.2 Å². The molecule has 1 saturated heterocycles. The molecule has 0 bridgehead atoms. The van der Waals surface area contributed by atoms with Gasteiger partial charge in [-0.3, -0.25) is 14.5 Å². The molecule has 70 valence electrons. The standard InChI is InChI=1S/C9H12N2O2/c1-7-6-8(12)11(9(7)13)5-3-2-4-10/h7H,2-3,5-6H2,1H3. The van der Waals surface area contributed by atoms with Gasteiger partial charge in [-0.1, -0.05) is 6.92 Å². The van der Waals surface area contributed by atoms with Crippen LogP contribution >= 0.6 is 0 Å². The minimum absolute atomic E-state index is 0.0945. The summed E-state index contributed by atoms with van der Waals surface area (Å²) in [5.41, 5.74) is 0. The highest BCUT2D eigenvalue weighted by Gasteiger charge is 2.34. The van der Waals surface area contributed by atoms with E-state index >= 15 is 0 Å². The first kappa shape index (κ1) is 9.72. The number of hydrogen-bond acceptors (Lipinski definition) is 3. The van der Waals surface area contributed by atoms with Crippen molar-refractivity contribution >= 4 is 11.8 Å². The molecule has 1 atom stereocenters. The number of amides is 2. The average molecular weight is 180 g/mol. The Kier molecular flexibility index (Phi) is 3.02. The lowest BCUT2D eigenvalue weighted by Crippen LogP contribution is -2.31. The van der Waals surface area contributed by atoms with Gasteiger partial charge in [0.25, 0.3) is 0 Å². The van der Waals surface area contributed by atoms with E-state index < -0.39 is 0 Å². The lowest BCUT2D eigenvalue weighted by atomic mass is 10.1. The van der Waals surface area contributed by atoms with Crippen LogP contribution in [0.3, 0.4) is 0 Å². The van der Waals surface area contributed by atoms with Crippen molar-refractivity contribution in [2.75, 3.05) is 6.54 Å². The number of nitrogens with zero attached hydrogens (tertiary/aromatic N) is 2. The largest absolute Gasteiger partial charge is 0.282 e. The predicted octanol–water partition coefficient (Wildman–Crippen LogP) is 0.685. The Morgan fingerprint density at radius 3 is 2.77 bits per heavy atom. The van der Waals surface area contributed by atoms with Crippen LogP contribution in [0.1, 0.15) is 26.2 Å². The molecule has 0 saturated carbocycles. The maximum absolute atomic E-state index is 11.3. The Hall–Kier alpha value is -1.37. The molecule has 2 amide bonds. The van der Waals surface area contributed by atoms with Crippen molar-refractivity contribution in [3.63, 3.8) is 0 Å². The number of carbonyl (C=O) groups excluding carboxylic acids is 2. The van der Waals surface area contributed by atoms with E-state index in [4.69, 9.17) is 5.26 Å². The molecule has 13 heavy (non-hydrogen) atoms. The smallest absolute Gasteiger partial charge is 0.232 e. The molecule has 4 heteroatoms. The van der Waals surface area contributed by atoms with Gasteiger partial charge in [-0.25, -0.2) is 0 Å².